The first-order valence-electron chi connectivity index (χ1n) is 7.55. The molecule has 2 rings (SSSR count). The Labute approximate surface area is 127 Å². The van der Waals surface area contributed by atoms with Crippen LogP contribution in [0.3, 0.4) is 0 Å². The average molecular weight is 290 g/mol. The first-order valence-corrected chi connectivity index (χ1v) is 7.55. The summed E-state index contributed by atoms with van der Waals surface area (Å²) in [6.45, 7) is 8.97. The number of nitrogen functional groups attached to an aromatic ring is 1. The number of piperidine rings is 1. The average Bonchev–Trinajstić information content (AvgIpc) is 2.46. The highest BCUT2D eigenvalue weighted by Gasteiger charge is 2.29. The van der Waals surface area contributed by atoms with E-state index in [9.17, 15) is 4.79 Å². The lowest BCUT2D eigenvalue weighted by molar-refractivity contribution is 0.0602. The van der Waals surface area contributed by atoms with Gasteiger partial charge in [-0.3, -0.25) is 0 Å². The van der Waals surface area contributed by atoms with E-state index in [1.165, 1.54) is 20.0 Å². The molecule has 4 heteroatoms. The van der Waals surface area contributed by atoms with Crippen molar-refractivity contribution < 1.29 is 9.53 Å². The molecule has 1 saturated heterocycles. The molecule has 1 fully saturated rings. The van der Waals surface area contributed by atoms with Crippen molar-refractivity contribution in [3.63, 3.8) is 0 Å². The molecule has 2 N–H and O–H groups in total. The lowest BCUT2D eigenvalue weighted by atomic mass is 9.75. The highest BCUT2D eigenvalue weighted by Crippen LogP contribution is 2.36. The summed E-state index contributed by atoms with van der Waals surface area (Å²) in [5.74, 6) is 0.376. The minimum atomic E-state index is -0.376. The number of hydrogen-bond donors (Lipinski definition) is 1. The summed E-state index contributed by atoms with van der Waals surface area (Å²) in [6.07, 6.45) is 2.36. The largest absolute Gasteiger partial charge is 0.465 e. The minimum Gasteiger partial charge on any atom is -0.465 e. The number of anilines is 2. The van der Waals surface area contributed by atoms with E-state index in [0.717, 1.165) is 24.7 Å². The van der Waals surface area contributed by atoms with Crippen molar-refractivity contribution in [2.45, 2.75) is 33.6 Å². The molecular formula is C17H26N2O2. The van der Waals surface area contributed by atoms with E-state index in [1.807, 2.05) is 12.1 Å². The van der Waals surface area contributed by atoms with Crippen LogP contribution in [0.5, 0.6) is 0 Å². The second kappa shape index (κ2) is 5.96. The normalized spacial score (nSPS) is 16.9. The molecule has 0 spiro atoms. The van der Waals surface area contributed by atoms with E-state index in [1.54, 1.807) is 6.07 Å². The predicted molar refractivity (Wildman–Crippen MR) is 86.6 cm³/mol. The molecule has 0 radical (unpaired) electrons. The quantitative estimate of drug-likeness (QED) is 0.670. The smallest absolute Gasteiger partial charge is 0.340 e. The number of esters is 1. The standard InChI is InChI=1S/C17H26N2O2/c1-17(2,3)12-7-9-19(10-8-12)13-5-6-15(18)14(11-13)16(20)21-4/h5-6,11-12H,7-10,18H2,1-4H3. The second-order valence-electron chi connectivity index (χ2n) is 6.89. The topological polar surface area (TPSA) is 55.6 Å². The number of rotatable bonds is 2. The zero-order chi connectivity index (χ0) is 15.6. The van der Waals surface area contributed by atoms with Crippen LogP contribution in [0.15, 0.2) is 18.2 Å². The molecule has 21 heavy (non-hydrogen) atoms. The van der Waals surface area contributed by atoms with Crippen LogP contribution in [0.1, 0.15) is 44.0 Å². The minimum absolute atomic E-state index is 0.365. The maximum atomic E-state index is 11.7. The zero-order valence-corrected chi connectivity index (χ0v) is 13.5. The van der Waals surface area contributed by atoms with Crippen molar-refractivity contribution in [2.24, 2.45) is 11.3 Å². The van der Waals surface area contributed by atoms with Crippen LogP contribution in [0, 0.1) is 11.3 Å². The van der Waals surface area contributed by atoms with Gasteiger partial charge in [0.25, 0.3) is 0 Å². The van der Waals surface area contributed by atoms with Crippen molar-refractivity contribution in [3.05, 3.63) is 23.8 Å². The van der Waals surface area contributed by atoms with Crippen LogP contribution in [0.25, 0.3) is 0 Å². The molecule has 1 aromatic carbocycles. The number of carbonyl (C=O) groups excluding carboxylic acids is 1. The SMILES string of the molecule is COC(=O)c1cc(N2CCC(C(C)(C)C)CC2)ccc1N. The molecule has 0 bridgehead atoms. The van der Waals surface area contributed by atoms with E-state index in [2.05, 4.69) is 25.7 Å². The molecule has 116 valence electrons. The van der Waals surface area contributed by atoms with Gasteiger partial charge in [-0.15, -0.1) is 0 Å². The molecular weight excluding hydrogens is 264 g/mol. The van der Waals surface area contributed by atoms with Crippen molar-refractivity contribution in [1.29, 1.82) is 0 Å². The van der Waals surface area contributed by atoms with Gasteiger partial charge in [0.2, 0.25) is 0 Å². The number of nitrogens with zero attached hydrogens (tertiary/aromatic N) is 1. The van der Waals surface area contributed by atoms with E-state index in [-0.39, 0.29) is 5.97 Å². The Morgan fingerprint density at radius 2 is 1.90 bits per heavy atom. The van der Waals surface area contributed by atoms with Crippen molar-refractivity contribution in [3.8, 4) is 0 Å². The summed E-state index contributed by atoms with van der Waals surface area (Å²) < 4.78 is 4.78. The van der Waals surface area contributed by atoms with Crippen molar-refractivity contribution in [2.75, 3.05) is 30.8 Å². The Hall–Kier alpha value is -1.71. The lowest BCUT2D eigenvalue weighted by Gasteiger charge is -2.39. The maximum absolute atomic E-state index is 11.7. The van der Waals surface area contributed by atoms with Gasteiger partial charge in [0.1, 0.15) is 0 Å². The Kier molecular flexibility index (Phi) is 4.45. The van der Waals surface area contributed by atoms with Gasteiger partial charge in [0.05, 0.1) is 12.7 Å². The highest BCUT2D eigenvalue weighted by molar-refractivity contribution is 5.96. The first kappa shape index (κ1) is 15.7. The van der Waals surface area contributed by atoms with Crippen molar-refractivity contribution in [1.82, 2.24) is 0 Å². The Morgan fingerprint density at radius 1 is 1.29 bits per heavy atom. The summed E-state index contributed by atoms with van der Waals surface area (Å²) in [5, 5.41) is 0. The monoisotopic (exact) mass is 290 g/mol. The summed E-state index contributed by atoms with van der Waals surface area (Å²) in [6, 6.07) is 5.62. The number of benzene rings is 1. The van der Waals surface area contributed by atoms with Crippen molar-refractivity contribution >= 4 is 17.3 Å². The molecule has 1 aliphatic rings. The van der Waals surface area contributed by atoms with Gasteiger partial charge < -0.3 is 15.4 Å². The summed E-state index contributed by atoms with van der Waals surface area (Å²) in [7, 11) is 1.38. The molecule has 1 aromatic rings. The molecule has 0 saturated carbocycles. The summed E-state index contributed by atoms with van der Waals surface area (Å²) >= 11 is 0. The molecule has 1 aliphatic heterocycles. The Morgan fingerprint density at radius 3 is 2.43 bits per heavy atom. The number of nitrogens with two attached hydrogens (primary N) is 1. The van der Waals surface area contributed by atoms with Gasteiger partial charge >= 0.3 is 5.97 Å². The molecule has 4 nitrogen and oxygen atoms in total. The Bertz CT molecular complexity index is 512. The van der Waals surface area contributed by atoms with E-state index < -0.39 is 0 Å². The number of methoxy groups -OCH3 is 1. The van der Waals surface area contributed by atoms with E-state index >= 15 is 0 Å². The molecule has 0 aliphatic carbocycles. The molecule has 0 atom stereocenters. The number of carbonyl (C=O) groups is 1. The van der Waals surface area contributed by atoms with Crippen LogP contribution in [0.4, 0.5) is 11.4 Å². The van der Waals surface area contributed by atoms with Crippen LogP contribution in [-0.2, 0) is 4.74 Å². The zero-order valence-electron chi connectivity index (χ0n) is 13.5. The maximum Gasteiger partial charge on any atom is 0.340 e. The van der Waals surface area contributed by atoms with Gasteiger partial charge in [-0.05, 0) is 42.4 Å². The number of hydrogen-bond acceptors (Lipinski definition) is 4. The lowest BCUT2D eigenvalue weighted by Crippen LogP contribution is -2.38. The van der Waals surface area contributed by atoms with Crippen LogP contribution in [-0.4, -0.2) is 26.2 Å². The third-order valence-electron chi connectivity index (χ3n) is 4.53. The predicted octanol–water partition coefficient (Wildman–Crippen LogP) is 3.32. The molecule has 0 amide bonds. The molecule has 0 aromatic heterocycles. The summed E-state index contributed by atoms with van der Waals surface area (Å²) in [5.41, 5.74) is 8.19. The van der Waals surface area contributed by atoms with Gasteiger partial charge in [-0.25, -0.2) is 4.79 Å². The third-order valence-corrected chi connectivity index (χ3v) is 4.53. The van der Waals surface area contributed by atoms with Gasteiger partial charge in [0, 0.05) is 24.5 Å². The first-order chi connectivity index (χ1) is 9.82. The number of ether oxygens (including phenoxy) is 1. The van der Waals surface area contributed by atoms with E-state index in [4.69, 9.17) is 10.5 Å². The molecule has 0 unspecified atom stereocenters. The highest BCUT2D eigenvalue weighted by atomic mass is 16.5. The van der Waals surface area contributed by atoms with Gasteiger partial charge in [0.15, 0.2) is 0 Å². The van der Waals surface area contributed by atoms with E-state index in [0.29, 0.717) is 16.7 Å². The van der Waals surface area contributed by atoms with Gasteiger partial charge in [-0.1, -0.05) is 20.8 Å². The second-order valence-corrected chi connectivity index (χ2v) is 6.89. The van der Waals surface area contributed by atoms with Crippen LogP contribution < -0.4 is 10.6 Å². The molecule has 1 heterocycles. The van der Waals surface area contributed by atoms with Crippen LogP contribution in [0.2, 0.25) is 0 Å². The fourth-order valence-corrected chi connectivity index (χ4v) is 3.03. The fraction of sp³-hybridized carbons (Fsp3) is 0.588. The van der Waals surface area contributed by atoms with Gasteiger partial charge in [-0.2, -0.15) is 0 Å². The Balaban J connectivity index is 2.12. The third kappa shape index (κ3) is 3.49. The fourth-order valence-electron chi connectivity index (χ4n) is 3.03. The summed E-state index contributed by atoms with van der Waals surface area (Å²) in [4.78, 5) is 14.1. The van der Waals surface area contributed by atoms with Crippen LogP contribution >= 0.6 is 0 Å².